The van der Waals surface area contributed by atoms with Gasteiger partial charge in [-0.1, -0.05) is 15.9 Å². The molecule has 3 heteroatoms. The van der Waals surface area contributed by atoms with Crippen LogP contribution in [-0.4, -0.2) is 6.54 Å². The largest absolute Gasteiger partial charge is 0.459 e. The Bertz CT molecular complexity index is 489. The summed E-state index contributed by atoms with van der Waals surface area (Å²) >= 11 is 3.45. The summed E-state index contributed by atoms with van der Waals surface area (Å²) in [7, 11) is 0. The van der Waals surface area contributed by atoms with Crippen LogP contribution in [-0.2, 0) is 13.0 Å². The average Bonchev–Trinajstić information content (AvgIpc) is 2.54. The van der Waals surface area contributed by atoms with Crippen LogP contribution in [0.4, 0.5) is 0 Å². The third-order valence-electron chi connectivity index (χ3n) is 2.68. The van der Waals surface area contributed by atoms with Crippen LogP contribution in [0.25, 0.3) is 11.0 Å². The van der Waals surface area contributed by atoms with Crippen molar-refractivity contribution in [3.63, 3.8) is 0 Å². The van der Waals surface area contributed by atoms with E-state index in [2.05, 4.69) is 33.4 Å². The van der Waals surface area contributed by atoms with E-state index >= 15 is 0 Å². The molecule has 0 amide bonds. The lowest BCUT2D eigenvalue weighted by Gasteiger charge is -2.10. The van der Waals surface area contributed by atoms with E-state index in [0.717, 1.165) is 35.3 Å². The fraction of sp³-hybridized carbons (Fsp3) is 0.273. The summed E-state index contributed by atoms with van der Waals surface area (Å²) in [6, 6.07) is 6.24. The Morgan fingerprint density at radius 3 is 3.21 bits per heavy atom. The van der Waals surface area contributed by atoms with E-state index < -0.39 is 0 Å². The standard InChI is InChI=1S/C11H10BrNO/c12-7-1-2-8-9-3-4-13-6-11(9)14-10(8)5-7/h1-2,5,13H,3-4,6H2. The molecule has 0 radical (unpaired) electrons. The Labute approximate surface area is 90.4 Å². The molecule has 1 aliphatic heterocycles. The van der Waals surface area contributed by atoms with Crippen molar-refractivity contribution in [2.75, 3.05) is 6.54 Å². The molecule has 0 atom stereocenters. The molecule has 1 aliphatic rings. The Balaban J connectivity index is 2.31. The maximum atomic E-state index is 5.78. The number of halogens is 1. The lowest BCUT2D eigenvalue weighted by molar-refractivity contribution is 0.488. The minimum Gasteiger partial charge on any atom is -0.459 e. The van der Waals surface area contributed by atoms with Crippen molar-refractivity contribution >= 4 is 26.9 Å². The smallest absolute Gasteiger partial charge is 0.135 e. The van der Waals surface area contributed by atoms with E-state index in [9.17, 15) is 0 Å². The van der Waals surface area contributed by atoms with Crippen LogP contribution in [0.1, 0.15) is 11.3 Å². The highest BCUT2D eigenvalue weighted by Crippen LogP contribution is 2.30. The van der Waals surface area contributed by atoms with E-state index in [-0.39, 0.29) is 0 Å². The van der Waals surface area contributed by atoms with E-state index in [4.69, 9.17) is 4.42 Å². The molecule has 3 rings (SSSR count). The summed E-state index contributed by atoms with van der Waals surface area (Å²) in [4.78, 5) is 0. The predicted molar refractivity (Wildman–Crippen MR) is 59.3 cm³/mol. The second-order valence-corrected chi connectivity index (χ2v) is 4.49. The van der Waals surface area contributed by atoms with Gasteiger partial charge in [-0.25, -0.2) is 0 Å². The number of hydrogen-bond acceptors (Lipinski definition) is 2. The molecule has 0 saturated carbocycles. The molecule has 1 aromatic carbocycles. The molecule has 1 aromatic heterocycles. The average molecular weight is 252 g/mol. The molecule has 2 nitrogen and oxygen atoms in total. The maximum absolute atomic E-state index is 5.78. The quantitative estimate of drug-likeness (QED) is 0.779. The molecule has 0 unspecified atom stereocenters. The van der Waals surface area contributed by atoms with E-state index in [1.165, 1.54) is 10.9 Å². The van der Waals surface area contributed by atoms with Crippen molar-refractivity contribution in [1.82, 2.24) is 5.32 Å². The number of nitrogens with one attached hydrogen (secondary N) is 1. The third kappa shape index (κ3) is 1.20. The minimum absolute atomic E-state index is 0.863. The van der Waals surface area contributed by atoms with Crippen LogP contribution in [0, 0.1) is 0 Å². The first-order chi connectivity index (χ1) is 6.84. The van der Waals surface area contributed by atoms with Crippen molar-refractivity contribution in [3.05, 3.63) is 34.0 Å². The van der Waals surface area contributed by atoms with Crippen molar-refractivity contribution in [2.45, 2.75) is 13.0 Å². The fourth-order valence-corrected chi connectivity index (χ4v) is 2.35. The van der Waals surface area contributed by atoms with Crippen LogP contribution in [0.2, 0.25) is 0 Å². The highest BCUT2D eigenvalue weighted by Gasteiger charge is 2.16. The number of fused-ring (bicyclic) bond motifs is 3. The molecule has 72 valence electrons. The first-order valence-electron chi connectivity index (χ1n) is 4.75. The summed E-state index contributed by atoms with van der Waals surface area (Å²) < 4.78 is 6.85. The van der Waals surface area contributed by atoms with Gasteiger partial charge >= 0.3 is 0 Å². The zero-order valence-electron chi connectivity index (χ0n) is 7.64. The number of benzene rings is 1. The molecule has 2 aromatic rings. The van der Waals surface area contributed by atoms with Gasteiger partial charge in [0, 0.05) is 15.4 Å². The predicted octanol–water partition coefficient (Wildman–Crippen LogP) is 2.84. The summed E-state index contributed by atoms with van der Waals surface area (Å²) in [5.74, 6) is 1.10. The molecular weight excluding hydrogens is 242 g/mol. The summed E-state index contributed by atoms with van der Waals surface area (Å²) in [5.41, 5.74) is 2.37. The van der Waals surface area contributed by atoms with Gasteiger partial charge in [-0.15, -0.1) is 0 Å². The van der Waals surface area contributed by atoms with Crippen molar-refractivity contribution in [2.24, 2.45) is 0 Å². The molecule has 0 spiro atoms. The van der Waals surface area contributed by atoms with Gasteiger partial charge in [0.2, 0.25) is 0 Å². The van der Waals surface area contributed by atoms with Crippen LogP contribution < -0.4 is 5.32 Å². The maximum Gasteiger partial charge on any atom is 0.135 e. The Morgan fingerprint density at radius 1 is 1.36 bits per heavy atom. The molecular formula is C11H10BrNO. The van der Waals surface area contributed by atoms with Crippen molar-refractivity contribution in [3.8, 4) is 0 Å². The third-order valence-corrected chi connectivity index (χ3v) is 3.17. The van der Waals surface area contributed by atoms with Gasteiger partial charge in [0.05, 0.1) is 6.54 Å². The zero-order chi connectivity index (χ0) is 9.54. The zero-order valence-corrected chi connectivity index (χ0v) is 9.23. The van der Waals surface area contributed by atoms with E-state index in [1.807, 2.05) is 6.07 Å². The monoisotopic (exact) mass is 251 g/mol. The molecule has 0 bridgehead atoms. The number of furan rings is 1. The minimum atomic E-state index is 0.863. The summed E-state index contributed by atoms with van der Waals surface area (Å²) in [6.45, 7) is 1.92. The van der Waals surface area contributed by atoms with Gasteiger partial charge in [0.1, 0.15) is 11.3 Å². The lowest BCUT2D eigenvalue weighted by atomic mass is 10.1. The van der Waals surface area contributed by atoms with Crippen LogP contribution in [0.3, 0.4) is 0 Å². The molecule has 0 aliphatic carbocycles. The summed E-state index contributed by atoms with van der Waals surface area (Å²) in [6.07, 6.45) is 1.07. The topological polar surface area (TPSA) is 25.2 Å². The van der Waals surface area contributed by atoms with Gasteiger partial charge < -0.3 is 9.73 Å². The first kappa shape index (κ1) is 8.50. The highest BCUT2D eigenvalue weighted by atomic mass is 79.9. The second-order valence-electron chi connectivity index (χ2n) is 3.57. The number of rotatable bonds is 0. The molecule has 0 fully saturated rings. The van der Waals surface area contributed by atoms with Crippen LogP contribution >= 0.6 is 15.9 Å². The van der Waals surface area contributed by atoms with Crippen LogP contribution in [0.15, 0.2) is 27.1 Å². The molecule has 1 N–H and O–H groups in total. The van der Waals surface area contributed by atoms with Gasteiger partial charge in [-0.3, -0.25) is 0 Å². The number of hydrogen-bond donors (Lipinski definition) is 1. The first-order valence-corrected chi connectivity index (χ1v) is 5.54. The van der Waals surface area contributed by atoms with Gasteiger partial charge in [-0.05, 0) is 31.2 Å². The lowest BCUT2D eigenvalue weighted by Crippen LogP contribution is -2.22. The van der Waals surface area contributed by atoms with Crippen LogP contribution in [0.5, 0.6) is 0 Å². The molecule has 14 heavy (non-hydrogen) atoms. The van der Waals surface area contributed by atoms with E-state index in [0.29, 0.717) is 0 Å². The Morgan fingerprint density at radius 2 is 2.29 bits per heavy atom. The normalized spacial score (nSPS) is 15.8. The molecule has 0 saturated heterocycles. The summed E-state index contributed by atoms with van der Waals surface area (Å²) in [5, 5.41) is 4.58. The Hall–Kier alpha value is -0.800. The van der Waals surface area contributed by atoms with Gasteiger partial charge in [0.25, 0.3) is 0 Å². The van der Waals surface area contributed by atoms with Gasteiger partial charge in [-0.2, -0.15) is 0 Å². The fourth-order valence-electron chi connectivity index (χ4n) is 2.01. The van der Waals surface area contributed by atoms with Crippen molar-refractivity contribution < 1.29 is 4.42 Å². The highest BCUT2D eigenvalue weighted by molar-refractivity contribution is 9.10. The van der Waals surface area contributed by atoms with Gasteiger partial charge in [0.15, 0.2) is 0 Å². The van der Waals surface area contributed by atoms with Crippen molar-refractivity contribution in [1.29, 1.82) is 0 Å². The molecule has 2 heterocycles. The SMILES string of the molecule is Brc1ccc2c3c(oc2c1)CNCC3. The van der Waals surface area contributed by atoms with E-state index in [1.54, 1.807) is 0 Å². The second kappa shape index (κ2) is 3.11. The Kier molecular flexibility index (Phi) is 1.89.